The molecule has 0 aliphatic heterocycles. The molecule has 1 heterocycles. The average Bonchev–Trinajstić information content (AvgIpc) is 2.77. The van der Waals surface area contributed by atoms with Crippen molar-refractivity contribution in [3.05, 3.63) is 51.5 Å². The molecule has 0 amide bonds. The summed E-state index contributed by atoms with van der Waals surface area (Å²) in [7, 11) is 4.10. The molecule has 0 spiro atoms. The number of nitrogens with zero attached hydrogens (tertiary/aromatic N) is 2. The zero-order valence-corrected chi connectivity index (χ0v) is 12.6. The van der Waals surface area contributed by atoms with Gasteiger partial charge in [0, 0.05) is 25.0 Å². The van der Waals surface area contributed by atoms with Crippen LogP contribution in [0.25, 0.3) is 0 Å². The largest absolute Gasteiger partial charge is 0.316 e. The average molecular weight is 275 g/mol. The minimum Gasteiger partial charge on any atom is -0.316 e. The van der Waals surface area contributed by atoms with Gasteiger partial charge >= 0.3 is 0 Å². The standard InChI is InChI=1S/C15H21N3S/c1-12-17-15(11-19-12)10-18(3)9-14-6-4-13(5-7-14)8-16-2/h4-7,11,16H,8-10H2,1-3H3. The molecule has 0 bridgehead atoms. The molecule has 0 saturated heterocycles. The second-order valence-corrected chi connectivity index (χ2v) is 5.94. The maximum absolute atomic E-state index is 4.50. The van der Waals surface area contributed by atoms with E-state index in [-0.39, 0.29) is 0 Å². The van der Waals surface area contributed by atoms with E-state index in [1.807, 2.05) is 7.05 Å². The third-order valence-corrected chi connectivity index (χ3v) is 3.78. The quantitative estimate of drug-likeness (QED) is 0.878. The molecular weight excluding hydrogens is 254 g/mol. The van der Waals surface area contributed by atoms with Gasteiger partial charge in [-0.05, 0) is 32.1 Å². The molecule has 0 atom stereocenters. The number of hydrogen-bond acceptors (Lipinski definition) is 4. The lowest BCUT2D eigenvalue weighted by Crippen LogP contribution is -2.17. The van der Waals surface area contributed by atoms with E-state index < -0.39 is 0 Å². The Bertz CT molecular complexity index is 504. The van der Waals surface area contributed by atoms with Gasteiger partial charge in [0.15, 0.2) is 0 Å². The van der Waals surface area contributed by atoms with E-state index in [4.69, 9.17) is 0 Å². The summed E-state index contributed by atoms with van der Waals surface area (Å²) in [6.07, 6.45) is 0. The van der Waals surface area contributed by atoms with E-state index >= 15 is 0 Å². The van der Waals surface area contributed by atoms with Crippen LogP contribution >= 0.6 is 11.3 Å². The van der Waals surface area contributed by atoms with Gasteiger partial charge in [-0.1, -0.05) is 24.3 Å². The second kappa shape index (κ2) is 6.80. The molecular formula is C15H21N3S. The van der Waals surface area contributed by atoms with Crippen LogP contribution in [-0.4, -0.2) is 24.0 Å². The Labute approximate surface area is 119 Å². The van der Waals surface area contributed by atoms with Crippen molar-refractivity contribution < 1.29 is 0 Å². The SMILES string of the molecule is CNCc1ccc(CN(C)Cc2csc(C)n2)cc1. The summed E-state index contributed by atoms with van der Waals surface area (Å²) < 4.78 is 0. The summed E-state index contributed by atoms with van der Waals surface area (Å²) in [5, 5.41) is 6.44. The van der Waals surface area contributed by atoms with Crippen molar-refractivity contribution in [2.24, 2.45) is 0 Å². The fourth-order valence-corrected chi connectivity index (χ4v) is 2.70. The van der Waals surface area contributed by atoms with E-state index in [9.17, 15) is 0 Å². The van der Waals surface area contributed by atoms with Crippen molar-refractivity contribution in [2.45, 2.75) is 26.6 Å². The molecule has 19 heavy (non-hydrogen) atoms. The van der Waals surface area contributed by atoms with Crippen LogP contribution < -0.4 is 5.32 Å². The topological polar surface area (TPSA) is 28.2 Å². The first-order chi connectivity index (χ1) is 9.17. The first-order valence-electron chi connectivity index (χ1n) is 6.49. The molecule has 0 aliphatic carbocycles. The molecule has 1 N–H and O–H groups in total. The summed E-state index contributed by atoms with van der Waals surface area (Å²) >= 11 is 1.72. The summed E-state index contributed by atoms with van der Waals surface area (Å²) in [6, 6.07) is 8.78. The fourth-order valence-electron chi connectivity index (χ4n) is 2.09. The molecule has 2 rings (SSSR count). The summed E-state index contributed by atoms with van der Waals surface area (Å²) in [4.78, 5) is 6.79. The van der Waals surface area contributed by atoms with Crippen molar-refractivity contribution >= 4 is 11.3 Å². The van der Waals surface area contributed by atoms with Crippen molar-refractivity contribution in [3.63, 3.8) is 0 Å². The highest BCUT2D eigenvalue weighted by atomic mass is 32.1. The molecule has 1 aromatic carbocycles. The van der Waals surface area contributed by atoms with Gasteiger partial charge in [-0.15, -0.1) is 11.3 Å². The van der Waals surface area contributed by atoms with Gasteiger partial charge in [-0.2, -0.15) is 0 Å². The van der Waals surface area contributed by atoms with E-state index in [0.717, 1.165) is 30.3 Å². The minimum absolute atomic E-state index is 0.905. The van der Waals surface area contributed by atoms with Gasteiger partial charge in [0.25, 0.3) is 0 Å². The lowest BCUT2D eigenvalue weighted by molar-refractivity contribution is 0.315. The fraction of sp³-hybridized carbons (Fsp3) is 0.400. The highest BCUT2D eigenvalue weighted by Gasteiger charge is 2.04. The van der Waals surface area contributed by atoms with Gasteiger partial charge in [-0.25, -0.2) is 4.98 Å². The summed E-state index contributed by atoms with van der Waals surface area (Å²) in [5.74, 6) is 0. The predicted molar refractivity (Wildman–Crippen MR) is 81.2 cm³/mol. The number of nitrogens with one attached hydrogen (secondary N) is 1. The van der Waals surface area contributed by atoms with Gasteiger partial charge in [-0.3, -0.25) is 4.90 Å². The Morgan fingerprint density at radius 1 is 1.16 bits per heavy atom. The first-order valence-corrected chi connectivity index (χ1v) is 7.37. The molecule has 0 saturated carbocycles. The normalized spacial score (nSPS) is 11.2. The monoisotopic (exact) mass is 275 g/mol. The Morgan fingerprint density at radius 2 is 1.84 bits per heavy atom. The lowest BCUT2D eigenvalue weighted by Gasteiger charge is -2.15. The van der Waals surface area contributed by atoms with Crippen LogP contribution in [0.4, 0.5) is 0 Å². The third-order valence-electron chi connectivity index (χ3n) is 2.95. The molecule has 0 aliphatic rings. The van der Waals surface area contributed by atoms with E-state index in [0.29, 0.717) is 0 Å². The Morgan fingerprint density at radius 3 is 2.42 bits per heavy atom. The number of thiazole rings is 1. The Kier molecular flexibility index (Phi) is 5.07. The van der Waals surface area contributed by atoms with Crippen LogP contribution in [0.5, 0.6) is 0 Å². The summed E-state index contributed by atoms with van der Waals surface area (Å²) in [6.45, 7) is 4.84. The highest BCUT2D eigenvalue weighted by molar-refractivity contribution is 7.09. The number of aromatic nitrogens is 1. The minimum atomic E-state index is 0.905. The Balaban J connectivity index is 1.89. The molecule has 0 radical (unpaired) electrons. The van der Waals surface area contributed by atoms with Crippen molar-refractivity contribution in [2.75, 3.05) is 14.1 Å². The third kappa shape index (κ3) is 4.42. The maximum atomic E-state index is 4.50. The van der Waals surface area contributed by atoms with Gasteiger partial charge < -0.3 is 5.32 Å². The van der Waals surface area contributed by atoms with Gasteiger partial charge in [0.05, 0.1) is 10.7 Å². The molecule has 0 unspecified atom stereocenters. The molecule has 3 nitrogen and oxygen atoms in total. The van der Waals surface area contributed by atoms with E-state index in [2.05, 4.69) is 58.8 Å². The predicted octanol–water partition coefficient (Wildman–Crippen LogP) is 2.80. The molecule has 102 valence electrons. The van der Waals surface area contributed by atoms with Crippen molar-refractivity contribution in [1.82, 2.24) is 15.2 Å². The molecule has 1 aromatic heterocycles. The zero-order valence-electron chi connectivity index (χ0n) is 11.8. The van der Waals surface area contributed by atoms with Crippen LogP contribution in [0.15, 0.2) is 29.6 Å². The summed E-state index contributed by atoms with van der Waals surface area (Å²) in [5.41, 5.74) is 3.83. The van der Waals surface area contributed by atoms with E-state index in [1.54, 1.807) is 11.3 Å². The maximum Gasteiger partial charge on any atom is 0.0897 e. The number of hydrogen-bond donors (Lipinski definition) is 1. The van der Waals surface area contributed by atoms with Crippen LogP contribution in [0.2, 0.25) is 0 Å². The van der Waals surface area contributed by atoms with Crippen LogP contribution in [0.1, 0.15) is 21.8 Å². The van der Waals surface area contributed by atoms with Crippen molar-refractivity contribution in [1.29, 1.82) is 0 Å². The van der Waals surface area contributed by atoms with Crippen LogP contribution in [-0.2, 0) is 19.6 Å². The van der Waals surface area contributed by atoms with Crippen LogP contribution in [0, 0.1) is 6.92 Å². The molecule has 4 heteroatoms. The Hall–Kier alpha value is -1.23. The van der Waals surface area contributed by atoms with Crippen molar-refractivity contribution in [3.8, 4) is 0 Å². The zero-order chi connectivity index (χ0) is 13.7. The van der Waals surface area contributed by atoms with Crippen LogP contribution in [0.3, 0.4) is 0 Å². The first kappa shape index (κ1) is 14.2. The number of rotatable bonds is 6. The number of benzene rings is 1. The lowest BCUT2D eigenvalue weighted by atomic mass is 10.1. The number of aryl methyl sites for hydroxylation is 1. The van der Waals surface area contributed by atoms with Gasteiger partial charge in [0.2, 0.25) is 0 Å². The van der Waals surface area contributed by atoms with Gasteiger partial charge in [0.1, 0.15) is 0 Å². The van der Waals surface area contributed by atoms with E-state index in [1.165, 1.54) is 11.1 Å². The smallest absolute Gasteiger partial charge is 0.0897 e. The molecule has 2 aromatic rings. The highest BCUT2D eigenvalue weighted by Crippen LogP contribution is 2.12. The molecule has 0 fully saturated rings. The second-order valence-electron chi connectivity index (χ2n) is 4.88.